The first kappa shape index (κ1) is 22.8. The van der Waals surface area contributed by atoms with E-state index in [9.17, 15) is 61.5 Å². The minimum atomic E-state index is -8.31. The highest BCUT2D eigenvalue weighted by Gasteiger charge is 2.92. The molecule has 0 aliphatic rings. The van der Waals surface area contributed by atoms with E-state index in [2.05, 4.69) is 22.2 Å². The molecule has 0 aromatic rings. The van der Waals surface area contributed by atoms with Crippen LogP contribution in [0.1, 0.15) is 0 Å². The fourth-order valence-corrected chi connectivity index (χ4v) is 3.84. The summed E-state index contributed by atoms with van der Waals surface area (Å²) in [5, 5.41) is 0. The summed E-state index contributed by atoms with van der Waals surface area (Å²) >= 11 is 7.89. The van der Waals surface area contributed by atoms with Crippen LogP contribution in [0.3, 0.4) is 0 Å². The summed E-state index contributed by atoms with van der Waals surface area (Å²) in [4.78, 5) is 0. The molecule has 17 heteroatoms. The molecule has 0 spiro atoms. The molecule has 0 aliphatic heterocycles. The van der Waals surface area contributed by atoms with Crippen LogP contribution in [0.5, 0.6) is 0 Å². The molecule has 0 radical (unpaired) electrons. The highest BCUT2D eigenvalue weighted by atomic mass is 35.7. The third kappa shape index (κ3) is 2.96. The van der Waals surface area contributed by atoms with Crippen LogP contribution in [0.4, 0.5) is 61.5 Å². The monoisotopic (exact) mass is 436 g/mol. The zero-order chi connectivity index (χ0) is 19.5. The van der Waals surface area contributed by atoms with Crippen LogP contribution in [-0.2, 0) is 0 Å². The van der Waals surface area contributed by atoms with Gasteiger partial charge in [-0.3, -0.25) is 0 Å². The lowest BCUT2D eigenvalue weighted by Gasteiger charge is -2.40. The summed E-state index contributed by atoms with van der Waals surface area (Å²) in [6.45, 7) is -8.31. The van der Waals surface area contributed by atoms with Gasteiger partial charge in [0.15, 0.2) is 0 Å². The molecule has 0 aliphatic carbocycles. The van der Waals surface area contributed by atoms with Crippen molar-refractivity contribution in [2.45, 2.75) is 35.3 Å². The van der Waals surface area contributed by atoms with E-state index in [1.54, 1.807) is 0 Å². The van der Waals surface area contributed by atoms with Crippen molar-refractivity contribution in [2.24, 2.45) is 0 Å². The molecule has 0 unspecified atom stereocenters. The normalized spacial score (nSPS) is 16.7. The second-order valence-corrected chi connectivity index (χ2v) is 10.3. The maximum absolute atomic E-state index is 13.0. The molecule has 0 saturated carbocycles. The van der Waals surface area contributed by atoms with Crippen LogP contribution in [0.2, 0.25) is 0 Å². The number of rotatable bonds is 4. The van der Waals surface area contributed by atoms with E-state index in [1.807, 2.05) is 0 Å². The van der Waals surface area contributed by atoms with Crippen molar-refractivity contribution in [1.82, 2.24) is 0 Å². The van der Waals surface area contributed by atoms with Gasteiger partial charge in [0.1, 0.15) is 0 Å². The molecule has 0 aromatic carbocycles. The van der Waals surface area contributed by atoms with Gasteiger partial charge >= 0.3 is 42.0 Å². The van der Waals surface area contributed by atoms with E-state index < -0.39 is 42.0 Å². The zero-order valence-electron chi connectivity index (χ0n) is 9.55. The quantitative estimate of drug-likeness (QED) is 0.303. The lowest BCUT2D eigenvalue weighted by molar-refractivity contribution is -0.349. The minimum absolute atomic E-state index is 3.95. The number of hydrogen-bond donors (Lipinski definition) is 0. The van der Waals surface area contributed by atoms with Gasteiger partial charge in [-0.1, -0.05) is 0 Å². The zero-order valence-corrected chi connectivity index (χ0v) is 12.1. The second kappa shape index (κ2) is 5.41. The van der Waals surface area contributed by atoms with E-state index in [-0.39, 0.29) is 0 Å². The number of hydrogen-bond acceptors (Lipinski definition) is 0. The molecule has 0 fully saturated rings. The molecule has 0 aromatic heterocycles. The highest BCUT2D eigenvalue weighted by Crippen LogP contribution is 2.61. The first-order chi connectivity index (χ1) is 9.50. The summed E-state index contributed by atoms with van der Waals surface area (Å²) in [7, 11) is 0. The van der Waals surface area contributed by atoms with Crippen molar-refractivity contribution >= 4 is 28.9 Å². The third-order valence-corrected chi connectivity index (χ3v) is 7.34. The highest BCUT2D eigenvalue weighted by molar-refractivity contribution is 7.47. The van der Waals surface area contributed by atoms with Gasteiger partial charge in [0, 0.05) is 0 Å². The molecule has 23 heavy (non-hydrogen) atoms. The van der Waals surface area contributed by atoms with Crippen LogP contribution < -0.4 is 0 Å². The van der Waals surface area contributed by atoms with Crippen LogP contribution in [0.25, 0.3) is 0 Å². The molecule has 0 nitrogen and oxygen atoms in total. The minimum Gasteiger partial charge on any atom is -0.201 e. The average Bonchev–Trinajstić information content (AvgIpc) is 2.24. The Morgan fingerprint density at radius 2 is 0.609 bits per heavy atom. The van der Waals surface area contributed by atoms with Gasteiger partial charge in [-0.25, -0.2) is 17.6 Å². The Morgan fingerprint density at radius 1 is 0.435 bits per heavy atom. The van der Waals surface area contributed by atoms with Crippen molar-refractivity contribution < 1.29 is 61.5 Å². The SMILES string of the molecule is FC(F)(F)C(F)(F)C(F)(F)[Si](Cl)(Cl)C(F)(F)C(F)(F)C(F)(F)F. The predicted octanol–water partition coefficient (Wildman–Crippen LogP) is 5.65. The standard InChI is InChI=1S/C6Cl2F14Si/c7-23(8,5(19,20)1(9,10)3(13,14)15)6(21,22)2(11,12)4(16,17)18. The third-order valence-electron chi connectivity index (χ3n) is 2.29. The summed E-state index contributed by atoms with van der Waals surface area (Å²) in [6, 6.07) is 0. The summed E-state index contributed by atoms with van der Waals surface area (Å²) in [6.07, 6.45) is -14.6. The maximum atomic E-state index is 13.0. The van der Waals surface area contributed by atoms with E-state index >= 15 is 0 Å². The topological polar surface area (TPSA) is 0 Å². The van der Waals surface area contributed by atoms with E-state index in [1.165, 1.54) is 0 Å². The van der Waals surface area contributed by atoms with Crippen molar-refractivity contribution in [2.75, 3.05) is 0 Å². The fourth-order valence-electron chi connectivity index (χ4n) is 0.948. The van der Waals surface area contributed by atoms with Crippen LogP contribution >= 0.6 is 22.2 Å². The molecule has 0 rings (SSSR count). The molecule has 140 valence electrons. The maximum Gasteiger partial charge on any atom is 0.459 e. The van der Waals surface area contributed by atoms with Crippen molar-refractivity contribution in [3.63, 3.8) is 0 Å². The second-order valence-electron chi connectivity index (χ2n) is 3.87. The summed E-state index contributed by atoms with van der Waals surface area (Å²) in [5.41, 5.74) is -14.7. The van der Waals surface area contributed by atoms with Crippen LogP contribution in [0.15, 0.2) is 0 Å². The first-order valence-electron chi connectivity index (χ1n) is 4.52. The van der Waals surface area contributed by atoms with Gasteiger partial charge in [0.2, 0.25) is 0 Å². The van der Waals surface area contributed by atoms with E-state index in [0.717, 1.165) is 0 Å². The van der Waals surface area contributed by atoms with Gasteiger partial charge in [-0.2, -0.15) is 43.9 Å². The summed E-state index contributed by atoms with van der Waals surface area (Å²) < 4.78 is 173. The Morgan fingerprint density at radius 3 is 0.739 bits per heavy atom. The molecule has 0 atom stereocenters. The number of halogens is 16. The molecular weight excluding hydrogens is 437 g/mol. The van der Waals surface area contributed by atoms with E-state index in [4.69, 9.17) is 0 Å². The molecule has 0 bridgehead atoms. The van der Waals surface area contributed by atoms with Gasteiger partial charge in [-0.05, 0) is 0 Å². The average molecular weight is 437 g/mol. The molecule has 0 amide bonds. The summed E-state index contributed by atoms with van der Waals surface area (Å²) in [5.74, 6) is -15.0. The van der Waals surface area contributed by atoms with Crippen molar-refractivity contribution in [3.8, 4) is 0 Å². The van der Waals surface area contributed by atoms with Gasteiger partial charge in [-0.15, -0.1) is 22.2 Å². The first-order valence-corrected chi connectivity index (χ1v) is 8.55. The van der Waals surface area contributed by atoms with Crippen molar-refractivity contribution in [1.29, 1.82) is 0 Å². The van der Waals surface area contributed by atoms with Crippen molar-refractivity contribution in [3.05, 3.63) is 0 Å². The Balaban J connectivity index is 6.37. The van der Waals surface area contributed by atoms with Gasteiger partial charge < -0.3 is 0 Å². The smallest absolute Gasteiger partial charge is 0.201 e. The Labute approximate surface area is 126 Å². The molecule has 0 saturated heterocycles. The van der Waals surface area contributed by atoms with Crippen LogP contribution in [-0.4, -0.2) is 42.0 Å². The number of alkyl halides is 14. The largest absolute Gasteiger partial charge is 0.459 e. The Kier molecular flexibility index (Phi) is 5.36. The lowest BCUT2D eigenvalue weighted by atomic mass is 10.3. The fraction of sp³-hybridized carbons (Fsp3) is 1.00. The Bertz CT molecular complexity index is 407. The van der Waals surface area contributed by atoms with Gasteiger partial charge in [0.05, 0.1) is 0 Å². The predicted molar refractivity (Wildman–Crippen MR) is 49.4 cm³/mol. The Hall–Kier alpha value is -0.183. The molecule has 0 N–H and O–H groups in total. The van der Waals surface area contributed by atoms with Crippen LogP contribution in [0, 0.1) is 0 Å². The van der Waals surface area contributed by atoms with E-state index in [0.29, 0.717) is 0 Å². The lowest BCUT2D eigenvalue weighted by Crippen LogP contribution is -2.74. The van der Waals surface area contributed by atoms with Gasteiger partial charge in [0.25, 0.3) is 0 Å². The molecular formula is C6Cl2F14Si. The molecule has 0 heterocycles.